The van der Waals surface area contributed by atoms with Crippen LogP contribution in [0.1, 0.15) is 25.5 Å². The normalized spacial score (nSPS) is 24.3. The summed E-state index contributed by atoms with van der Waals surface area (Å²) in [6.07, 6.45) is 0.114. The third kappa shape index (κ3) is 3.55. The van der Waals surface area contributed by atoms with Gasteiger partial charge in [0.1, 0.15) is 0 Å². The first-order valence-electron chi connectivity index (χ1n) is 7.01. The molecule has 1 aromatic carbocycles. The van der Waals surface area contributed by atoms with Gasteiger partial charge in [-0.1, -0.05) is 27.5 Å². The van der Waals surface area contributed by atoms with Crippen molar-refractivity contribution in [3.8, 4) is 0 Å². The molecular weight excluding hydrogens is 340 g/mol. The van der Waals surface area contributed by atoms with Gasteiger partial charge in [0, 0.05) is 28.6 Å². The minimum absolute atomic E-state index is 0.114. The molecule has 1 saturated heterocycles. The van der Waals surface area contributed by atoms with Gasteiger partial charge in [0.15, 0.2) is 0 Å². The summed E-state index contributed by atoms with van der Waals surface area (Å²) < 4.78 is 7.03. The van der Waals surface area contributed by atoms with E-state index < -0.39 is 0 Å². The van der Waals surface area contributed by atoms with Crippen molar-refractivity contribution in [2.45, 2.75) is 32.0 Å². The van der Waals surface area contributed by atoms with Gasteiger partial charge in [0.05, 0.1) is 18.8 Å². The summed E-state index contributed by atoms with van der Waals surface area (Å²) in [7, 11) is 1.96. The van der Waals surface area contributed by atoms with Crippen molar-refractivity contribution in [3.63, 3.8) is 0 Å². The van der Waals surface area contributed by atoms with Crippen LogP contribution in [-0.4, -0.2) is 43.8 Å². The number of ether oxygens (including phenoxy) is 1. The molecule has 1 aliphatic heterocycles. The second kappa shape index (κ2) is 7.23. The number of rotatable bonds is 4. The Morgan fingerprint density at radius 3 is 2.90 bits per heavy atom. The quantitative estimate of drug-likeness (QED) is 0.888. The predicted octanol–water partition coefficient (Wildman–Crippen LogP) is 3.47. The summed E-state index contributed by atoms with van der Waals surface area (Å²) in [6.45, 7) is 6.97. The second-order valence-electron chi connectivity index (χ2n) is 5.41. The first-order chi connectivity index (χ1) is 9.54. The largest absolute Gasteiger partial charge is 0.374 e. The van der Waals surface area contributed by atoms with Crippen molar-refractivity contribution in [1.29, 1.82) is 0 Å². The molecule has 0 bridgehead atoms. The van der Waals surface area contributed by atoms with Gasteiger partial charge in [0.2, 0.25) is 0 Å². The first-order valence-corrected chi connectivity index (χ1v) is 8.18. The highest BCUT2D eigenvalue weighted by Gasteiger charge is 2.35. The molecule has 2 atom stereocenters. The summed E-state index contributed by atoms with van der Waals surface area (Å²) >= 11 is 9.99. The number of hydrogen-bond donors (Lipinski definition) is 1. The maximum absolute atomic E-state index is 6.44. The molecule has 20 heavy (non-hydrogen) atoms. The average Bonchev–Trinajstić information content (AvgIpc) is 2.42. The molecule has 2 unspecified atom stereocenters. The van der Waals surface area contributed by atoms with Gasteiger partial charge in [-0.25, -0.2) is 0 Å². The smallest absolute Gasteiger partial charge is 0.0897 e. The fraction of sp³-hybridized carbons (Fsp3) is 0.600. The minimum Gasteiger partial charge on any atom is -0.374 e. The van der Waals surface area contributed by atoms with E-state index in [4.69, 9.17) is 16.3 Å². The highest BCUT2D eigenvalue weighted by atomic mass is 79.9. The van der Waals surface area contributed by atoms with Gasteiger partial charge >= 0.3 is 0 Å². The van der Waals surface area contributed by atoms with Crippen molar-refractivity contribution in [2.24, 2.45) is 0 Å². The molecule has 0 aliphatic carbocycles. The maximum atomic E-state index is 6.44. The lowest BCUT2D eigenvalue weighted by Gasteiger charge is -2.44. The number of morpholine rings is 1. The van der Waals surface area contributed by atoms with E-state index in [9.17, 15) is 0 Å². The van der Waals surface area contributed by atoms with Gasteiger partial charge in [-0.05, 0) is 44.7 Å². The predicted molar refractivity (Wildman–Crippen MR) is 87.4 cm³/mol. The summed E-state index contributed by atoms with van der Waals surface area (Å²) in [4.78, 5) is 2.47. The van der Waals surface area contributed by atoms with Crippen LogP contribution in [0, 0.1) is 0 Å². The molecule has 0 radical (unpaired) electrons. The molecule has 0 spiro atoms. The van der Waals surface area contributed by atoms with E-state index in [-0.39, 0.29) is 12.1 Å². The second-order valence-corrected chi connectivity index (χ2v) is 6.73. The summed E-state index contributed by atoms with van der Waals surface area (Å²) in [5, 5.41) is 4.03. The van der Waals surface area contributed by atoms with Crippen LogP contribution in [0.3, 0.4) is 0 Å². The van der Waals surface area contributed by atoms with Crippen molar-refractivity contribution in [1.82, 2.24) is 10.2 Å². The Morgan fingerprint density at radius 2 is 2.25 bits per heavy atom. The molecule has 0 aromatic heterocycles. The topological polar surface area (TPSA) is 24.5 Å². The molecule has 1 heterocycles. The molecule has 5 heteroatoms. The van der Waals surface area contributed by atoms with Crippen LogP contribution < -0.4 is 5.32 Å². The lowest BCUT2D eigenvalue weighted by Crippen LogP contribution is -2.51. The standard InChI is InChI=1S/C15H22BrClN2O/c1-10(2)19-6-7-20-14(9-18-3)15(19)12-8-11(16)4-5-13(12)17/h4-5,8,10,14-15,18H,6-7,9H2,1-3H3. The van der Waals surface area contributed by atoms with Crippen LogP contribution in [0.4, 0.5) is 0 Å². The van der Waals surface area contributed by atoms with Crippen LogP contribution >= 0.6 is 27.5 Å². The molecule has 1 N–H and O–H groups in total. The third-order valence-corrected chi connectivity index (χ3v) is 4.57. The van der Waals surface area contributed by atoms with Crippen LogP contribution in [0.15, 0.2) is 22.7 Å². The molecule has 1 aromatic rings. The zero-order valence-electron chi connectivity index (χ0n) is 12.2. The van der Waals surface area contributed by atoms with E-state index in [2.05, 4.69) is 46.1 Å². The Bertz CT molecular complexity index is 453. The zero-order valence-corrected chi connectivity index (χ0v) is 14.5. The molecule has 0 amide bonds. The van der Waals surface area contributed by atoms with E-state index >= 15 is 0 Å². The number of benzene rings is 1. The lowest BCUT2D eigenvalue weighted by molar-refractivity contribution is -0.0815. The number of nitrogens with one attached hydrogen (secondary N) is 1. The molecular formula is C15H22BrClN2O. The van der Waals surface area contributed by atoms with Gasteiger partial charge in [-0.3, -0.25) is 4.90 Å². The SMILES string of the molecule is CNCC1OCCN(C(C)C)C1c1cc(Br)ccc1Cl. The van der Waals surface area contributed by atoms with Crippen molar-refractivity contribution < 1.29 is 4.74 Å². The number of nitrogens with zero attached hydrogens (tertiary/aromatic N) is 1. The third-order valence-electron chi connectivity index (χ3n) is 3.74. The van der Waals surface area contributed by atoms with Gasteiger partial charge in [-0.15, -0.1) is 0 Å². The summed E-state index contributed by atoms with van der Waals surface area (Å²) in [5.74, 6) is 0. The van der Waals surface area contributed by atoms with Crippen LogP contribution in [0.25, 0.3) is 0 Å². The monoisotopic (exact) mass is 360 g/mol. The van der Waals surface area contributed by atoms with Crippen LogP contribution in [0.5, 0.6) is 0 Å². The van der Waals surface area contributed by atoms with E-state index in [1.165, 1.54) is 0 Å². The minimum atomic E-state index is 0.114. The average molecular weight is 362 g/mol. The van der Waals surface area contributed by atoms with E-state index in [1.807, 2.05) is 19.2 Å². The number of halogens is 2. The van der Waals surface area contributed by atoms with Gasteiger partial charge in [0.25, 0.3) is 0 Å². The lowest BCUT2D eigenvalue weighted by atomic mass is 9.96. The highest BCUT2D eigenvalue weighted by Crippen LogP contribution is 2.36. The van der Waals surface area contributed by atoms with Crippen molar-refractivity contribution in [2.75, 3.05) is 26.7 Å². The fourth-order valence-electron chi connectivity index (χ4n) is 2.82. The zero-order chi connectivity index (χ0) is 14.7. The molecule has 1 fully saturated rings. The van der Waals surface area contributed by atoms with E-state index in [0.29, 0.717) is 6.04 Å². The van der Waals surface area contributed by atoms with Gasteiger partial charge in [-0.2, -0.15) is 0 Å². The summed E-state index contributed by atoms with van der Waals surface area (Å²) in [6, 6.07) is 6.67. The molecule has 0 saturated carbocycles. The van der Waals surface area contributed by atoms with Crippen molar-refractivity contribution >= 4 is 27.5 Å². The van der Waals surface area contributed by atoms with Crippen molar-refractivity contribution in [3.05, 3.63) is 33.3 Å². The van der Waals surface area contributed by atoms with E-state index in [1.54, 1.807) is 0 Å². The molecule has 1 aliphatic rings. The van der Waals surface area contributed by atoms with Gasteiger partial charge < -0.3 is 10.1 Å². The Morgan fingerprint density at radius 1 is 1.50 bits per heavy atom. The Kier molecular flexibility index (Phi) is 5.87. The Labute approximate surface area is 134 Å². The number of hydrogen-bond acceptors (Lipinski definition) is 3. The van der Waals surface area contributed by atoms with Crippen LogP contribution in [0.2, 0.25) is 5.02 Å². The molecule has 112 valence electrons. The molecule has 2 rings (SSSR count). The Hall–Kier alpha value is -0.130. The first kappa shape index (κ1) is 16.2. The fourth-order valence-corrected chi connectivity index (χ4v) is 3.43. The maximum Gasteiger partial charge on any atom is 0.0897 e. The summed E-state index contributed by atoms with van der Waals surface area (Å²) in [5.41, 5.74) is 1.13. The van der Waals surface area contributed by atoms with Crippen LogP contribution in [-0.2, 0) is 4.74 Å². The number of likely N-dealkylation sites (N-methyl/N-ethyl adjacent to an activating group) is 1. The van der Waals surface area contributed by atoms with E-state index in [0.717, 1.165) is 34.8 Å². The molecule has 3 nitrogen and oxygen atoms in total. The Balaban J connectivity index is 2.40. The highest BCUT2D eigenvalue weighted by molar-refractivity contribution is 9.10.